The Kier molecular flexibility index (Phi) is 6.83. The van der Waals surface area contributed by atoms with Crippen LogP contribution in [0, 0.1) is 5.92 Å². The maximum atomic E-state index is 11.8. The average molecular weight is 266 g/mol. The van der Waals surface area contributed by atoms with Gasteiger partial charge in [0.05, 0.1) is 5.75 Å². The third-order valence-corrected chi connectivity index (χ3v) is 3.53. The van der Waals surface area contributed by atoms with Crippen LogP contribution >= 0.6 is 11.8 Å². The van der Waals surface area contributed by atoms with Gasteiger partial charge in [0.25, 0.3) is 0 Å². The van der Waals surface area contributed by atoms with Gasteiger partial charge in [0.1, 0.15) is 0 Å². The van der Waals surface area contributed by atoms with Gasteiger partial charge >= 0.3 is 0 Å². The third-order valence-electron chi connectivity index (χ3n) is 2.52. The molecule has 1 atom stereocenters. The van der Waals surface area contributed by atoms with E-state index in [2.05, 4.69) is 19.2 Å². The van der Waals surface area contributed by atoms with E-state index in [0.29, 0.717) is 18.2 Å². The van der Waals surface area contributed by atoms with Crippen molar-refractivity contribution in [3.05, 3.63) is 30.3 Å². The Morgan fingerprint density at radius 3 is 2.56 bits per heavy atom. The van der Waals surface area contributed by atoms with Crippen molar-refractivity contribution in [1.82, 2.24) is 5.32 Å². The summed E-state index contributed by atoms with van der Waals surface area (Å²) in [6, 6.07) is 10.0. The summed E-state index contributed by atoms with van der Waals surface area (Å²) in [7, 11) is 0. The lowest BCUT2D eigenvalue weighted by Gasteiger charge is -2.18. The summed E-state index contributed by atoms with van der Waals surface area (Å²) >= 11 is 1.55. The molecule has 0 radical (unpaired) electrons. The van der Waals surface area contributed by atoms with Gasteiger partial charge in [0.15, 0.2) is 0 Å². The lowest BCUT2D eigenvalue weighted by atomic mass is 10.0. The van der Waals surface area contributed by atoms with E-state index < -0.39 is 0 Å². The molecule has 18 heavy (non-hydrogen) atoms. The Morgan fingerprint density at radius 2 is 2.00 bits per heavy atom. The van der Waals surface area contributed by atoms with Crippen molar-refractivity contribution in [3.8, 4) is 0 Å². The van der Waals surface area contributed by atoms with Crippen LogP contribution in [0.3, 0.4) is 0 Å². The first-order valence-corrected chi connectivity index (χ1v) is 7.27. The smallest absolute Gasteiger partial charge is 0.230 e. The van der Waals surface area contributed by atoms with Gasteiger partial charge in [0, 0.05) is 17.5 Å². The molecule has 0 aliphatic carbocycles. The maximum absolute atomic E-state index is 11.8. The molecule has 0 aliphatic rings. The standard InChI is InChI=1S/C14H22N2OS/c1-11(2)8-12(9-15)16-14(17)10-18-13-6-4-3-5-7-13/h3-7,11-12H,8-10,15H2,1-2H3,(H,16,17). The van der Waals surface area contributed by atoms with Crippen molar-refractivity contribution >= 4 is 17.7 Å². The quantitative estimate of drug-likeness (QED) is 0.744. The predicted octanol–water partition coefficient (Wildman–Crippen LogP) is 2.27. The fourth-order valence-corrected chi connectivity index (χ4v) is 2.45. The normalized spacial score (nSPS) is 12.4. The first-order valence-electron chi connectivity index (χ1n) is 6.29. The predicted molar refractivity (Wildman–Crippen MR) is 77.6 cm³/mol. The molecule has 0 heterocycles. The van der Waals surface area contributed by atoms with Crippen LogP contribution in [-0.2, 0) is 4.79 Å². The van der Waals surface area contributed by atoms with Crippen LogP contribution in [-0.4, -0.2) is 24.2 Å². The molecular weight excluding hydrogens is 244 g/mol. The van der Waals surface area contributed by atoms with E-state index in [4.69, 9.17) is 5.73 Å². The van der Waals surface area contributed by atoms with Crippen LogP contribution in [0.25, 0.3) is 0 Å². The average Bonchev–Trinajstić information content (AvgIpc) is 2.36. The lowest BCUT2D eigenvalue weighted by Crippen LogP contribution is -2.41. The fraction of sp³-hybridized carbons (Fsp3) is 0.500. The highest BCUT2D eigenvalue weighted by atomic mass is 32.2. The summed E-state index contributed by atoms with van der Waals surface area (Å²) in [5.74, 6) is 1.04. The number of carbonyl (C=O) groups is 1. The second-order valence-corrected chi connectivity index (χ2v) is 5.78. The molecule has 0 aromatic heterocycles. The number of benzene rings is 1. The van der Waals surface area contributed by atoms with Crippen molar-refractivity contribution in [2.45, 2.75) is 31.2 Å². The highest BCUT2D eigenvalue weighted by molar-refractivity contribution is 8.00. The molecule has 0 spiro atoms. The zero-order valence-corrected chi connectivity index (χ0v) is 11.9. The number of thioether (sulfide) groups is 1. The summed E-state index contributed by atoms with van der Waals surface area (Å²) in [5, 5.41) is 2.98. The van der Waals surface area contributed by atoms with Crippen LogP contribution in [0.1, 0.15) is 20.3 Å². The number of nitrogens with one attached hydrogen (secondary N) is 1. The molecule has 0 saturated heterocycles. The molecule has 0 saturated carbocycles. The minimum atomic E-state index is 0.0555. The Balaban J connectivity index is 2.32. The van der Waals surface area contributed by atoms with Crippen LogP contribution in [0.2, 0.25) is 0 Å². The zero-order chi connectivity index (χ0) is 13.4. The van der Waals surface area contributed by atoms with E-state index >= 15 is 0 Å². The second-order valence-electron chi connectivity index (χ2n) is 4.73. The first-order chi connectivity index (χ1) is 8.61. The molecule has 3 N–H and O–H groups in total. The summed E-state index contributed by atoms with van der Waals surface area (Å²) in [5.41, 5.74) is 5.66. The summed E-state index contributed by atoms with van der Waals surface area (Å²) in [4.78, 5) is 12.9. The van der Waals surface area contributed by atoms with E-state index in [0.717, 1.165) is 11.3 Å². The zero-order valence-electron chi connectivity index (χ0n) is 11.1. The molecule has 1 rings (SSSR count). The number of amides is 1. The Hall–Kier alpha value is -1.00. The number of nitrogens with two attached hydrogens (primary N) is 1. The molecule has 4 heteroatoms. The van der Waals surface area contributed by atoms with Crippen LogP contribution in [0.5, 0.6) is 0 Å². The van der Waals surface area contributed by atoms with Crippen molar-refractivity contribution in [3.63, 3.8) is 0 Å². The van der Waals surface area contributed by atoms with E-state index in [1.165, 1.54) is 0 Å². The lowest BCUT2D eigenvalue weighted by molar-refractivity contribution is -0.119. The van der Waals surface area contributed by atoms with E-state index in [9.17, 15) is 4.79 Å². The van der Waals surface area contributed by atoms with Crippen molar-refractivity contribution in [2.75, 3.05) is 12.3 Å². The van der Waals surface area contributed by atoms with Gasteiger partial charge in [-0.3, -0.25) is 4.79 Å². The minimum Gasteiger partial charge on any atom is -0.351 e. The topological polar surface area (TPSA) is 55.1 Å². The largest absolute Gasteiger partial charge is 0.351 e. The molecule has 1 aromatic carbocycles. The van der Waals surface area contributed by atoms with Crippen molar-refractivity contribution < 1.29 is 4.79 Å². The van der Waals surface area contributed by atoms with Gasteiger partial charge in [-0.05, 0) is 24.5 Å². The Bertz CT molecular complexity index is 354. The van der Waals surface area contributed by atoms with Gasteiger partial charge in [-0.25, -0.2) is 0 Å². The molecule has 1 amide bonds. The highest BCUT2D eigenvalue weighted by Crippen LogP contribution is 2.16. The van der Waals surface area contributed by atoms with Gasteiger partial charge in [-0.2, -0.15) is 0 Å². The second kappa shape index (κ2) is 8.16. The summed E-state index contributed by atoms with van der Waals surface area (Å²) in [6.07, 6.45) is 0.929. The SMILES string of the molecule is CC(C)CC(CN)NC(=O)CSc1ccccc1. The number of hydrogen-bond acceptors (Lipinski definition) is 3. The van der Waals surface area contributed by atoms with E-state index in [1.807, 2.05) is 30.3 Å². The molecule has 1 aromatic rings. The van der Waals surface area contributed by atoms with Gasteiger partial charge in [-0.1, -0.05) is 32.0 Å². The van der Waals surface area contributed by atoms with Gasteiger partial charge in [-0.15, -0.1) is 11.8 Å². The van der Waals surface area contributed by atoms with Crippen LogP contribution in [0.4, 0.5) is 0 Å². The summed E-state index contributed by atoms with van der Waals surface area (Å²) < 4.78 is 0. The Morgan fingerprint density at radius 1 is 1.33 bits per heavy atom. The molecule has 0 fully saturated rings. The molecule has 100 valence electrons. The van der Waals surface area contributed by atoms with Gasteiger partial charge < -0.3 is 11.1 Å². The van der Waals surface area contributed by atoms with E-state index in [-0.39, 0.29) is 11.9 Å². The molecule has 3 nitrogen and oxygen atoms in total. The fourth-order valence-electron chi connectivity index (χ4n) is 1.72. The molecule has 0 bridgehead atoms. The molecule has 0 aliphatic heterocycles. The highest BCUT2D eigenvalue weighted by Gasteiger charge is 2.12. The van der Waals surface area contributed by atoms with Crippen LogP contribution < -0.4 is 11.1 Å². The Labute approximate surface area is 114 Å². The monoisotopic (exact) mass is 266 g/mol. The third kappa shape index (κ3) is 6.07. The van der Waals surface area contributed by atoms with E-state index in [1.54, 1.807) is 11.8 Å². The number of rotatable bonds is 7. The first kappa shape index (κ1) is 15.1. The maximum Gasteiger partial charge on any atom is 0.230 e. The molecular formula is C14H22N2OS. The minimum absolute atomic E-state index is 0.0555. The van der Waals surface area contributed by atoms with Crippen molar-refractivity contribution in [2.24, 2.45) is 11.7 Å². The van der Waals surface area contributed by atoms with Crippen molar-refractivity contribution in [1.29, 1.82) is 0 Å². The molecule has 1 unspecified atom stereocenters. The number of hydrogen-bond donors (Lipinski definition) is 2. The summed E-state index contributed by atoms with van der Waals surface area (Å²) in [6.45, 7) is 4.76. The van der Waals surface area contributed by atoms with Gasteiger partial charge in [0.2, 0.25) is 5.91 Å². The van der Waals surface area contributed by atoms with Crippen LogP contribution in [0.15, 0.2) is 35.2 Å². The number of carbonyl (C=O) groups excluding carboxylic acids is 1.